The third-order valence-corrected chi connectivity index (χ3v) is 4.95. The maximum atomic E-state index is 13.0. The molecule has 0 aliphatic rings. The first-order valence-corrected chi connectivity index (χ1v) is 6.78. The molecule has 1 aromatic rings. The van der Waals surface area contributed by atoms with E-state index >= 15 is 0 Å². The monoisotopic (exact) mass is 264 g/mol. The summed E-state index contributed by atoms with van der Waals surface area (Å²) in [6.45, 7) is 2.60. The Labute approximate surface area is 99.0 Å². The molecule has 1 unspecified atom stereocenters. The van der Waals surface area contributed by atoms with Crippen LogP contribution in [0.1, 0.15) is 25.5 Å². The molecule has 1 aromatic carbocycles. The van der Waals surface area contributed by atoms with Gasteiger partial charge in [0.25, 0.3) is 0 Å². The fourth-order valence-corrected chi connectivity index (χ4v) is 1.88. The molecule has 6 heteroatoms. The minimum Gasteiger partial charge on any atom is -0.387 e. The number of hydrogen-bond acceptors (Lipinski definition) is 3. The van der Waals surface area contributed by atoms with Gasteiger partial charge in [-0.15, -0.1) is 0 Å². The van der Waals surface area contributed by atoms with E-state index in [0.29, 0.717) is 6.07 Å². The van der Waals surface area contributed by atoms with Crippen molar-refractivity contribution >= 4 is 9.84 Å². The van der Waals surface area contributed by atoms with Crippen LogP contribution in [0.15, 0.2) is 18.2 Å². The van der Waals surface area contributed by atoms with Crippen molar-refractivity contribution in [3.05, 3.63) is 35.4 Å². The van der Waals surface area contributed by atoms with E-state index in [1.165, 1.54) is 13.8 Å². The van der Waals surface area contributed by atoms with Gasteiger partial charge in [-0.1, -0.05) is 0 Å². The van der Waals surface area contributed by atoms with Crippen LogP contribution in [0.25, 0.3) is 0 Å². The van der Waals surface area contributed by atoms with E-state index in [2.05, 4.69) is 0 Å². The van der Waals surface area contributed by atoms with Crippen LogP contribution >= 0.6 is 0 Å². The summed E-state index contributed by atoms with van der Waals surface area (Å²) in [6, 6.07) is 2.49. The number of aliphatic hydroxyl groups is 1. The quantitative estimate of drug-likeness (QED) is 0.906. The molecule has 0 spiro atoms. The first kappa shape index (κ1) is 14.1. The van der Waals surface area contributed by atoms with Crippen molar-refractivity contribution in [2.45, 2.75) is 24.7 Å². The largest absolute Gasteiger partial charge is 0.387 e. The third kappa shape index (κ3) is 2.81. The highest BCUT2D eigenvalue weighted by atomic mass is 32.2. The van der Waals surface area contributed by atoms with Crippen LogP contribution in [0.2, 0.25) is 0 Å². The van der Waals surface area contributed by atoms with Gasteiger partial charge in [-0.2, -0.15) is 0 Å². The number of benzene rings is 1. The lowest BCUT2D eigenvalue weighted by Gasteiger charge is -2.28. The number of rotatable bonds is 3. The zero-order valence-corrected chi connectivity index (χ0v) is 10.6. The molecule has 1 N–H and O–H groups in total. The van der Waals surface area contributed by atoms with Crippen LogP contribution in [0, 0.1) is 11.6 Å². The summed E-state index contributed by atoms with van der Waals surface area (Å²) in [5.74, 6) is -1.72. The molecule has 0 aromatic heterocycles. The molecule has 96 valence electrons. The van der Waals surface area contributed by atoms with Gasteiger partial charge < -0.3 is 5.11 Å². The second-order valence-electron chi connectivity index (χ2n) is 4.48. The van der Waals surface area contributed by atoms with Gasteiger partial charge in [-0.25, -0.2) is 17.2 Å². The predicted octanol–water partition coefficient (Wildman–Crippen LogP) is 1.82. The molecule has 0 aliphatic heterocycles. The smallest absolute Gasteiger partial charge is 0.155 e. The molecule has 0 bridgehead atoms. The van der Waals surface area contributed by atoms with Crippen LogP contribution in [0.5, 0.6) is 0 Å². The molecule has 0 radical (unpaired) electrons. The first-order chi connectivity index (χ1) is 7.55. The van der Waals surface area contributed by atoms with E-state index in [1.807, 2.05) is 0 Å². The second kappa shape index (κ2) is 4.34. The maximum Gasteiger partial charge on any atom is 0.155 e. The summed E-state index contributed by atoms with van der Waals surface area (Å²) >= 11 is 0. The molecule has 0 amide bonds. The summed E-state index contributed by atoms with van der Waals surface area (Å²) in [5.41, 5.74) is -0.0991. The number of halogens is 2. The topological polar surface area (TPSA) is 54.4 Å². The highest BCUT2D eigenvalue weighted by Gasteiger charge is 2.39. The third-order valence-electron chi connectivity index (χ3n) is 2.81. The van der Waals surface area contributed by atoms with Gasteiger partial charge in [-0.3, -0.25) is 0 Å². The van der Waals surface area contributed by atoms with Gasteiger partial charge in [0.1, 0.15) is 11.6 Å². The van der Waals surface area contributed by atoms with Crippen LogP contribution in [-0.2, 0) is 9.84 Å². The minimum atomic E-state index is -3.57. The molecule has 1 atom stereocenters. The summed E-state index contributed by atoms with van der Waals surface area (Å²) < 4.78 is 47.4. The lowest BCUT2D eigenvalue weighted by atomic mass is 9.98. The van der Waals surface area contributed by atoms with E-state index < -0.39 is 32.3 Å². The average molecular weight is 264 g/mol. The Bertz CT molecular complexity index is 503. The van der Waals surface area contributed by atoms with Gasteiger partial charge in [0.15, 0.2) is 9.84 Å². The molecule has 0 saturated carbocycles. The van der Waals surface area contributed by atoms with Crippen LogP contribution in [0.3, 0.4) is 0 Å². The Morgan fingerprint density at radius 1 is 1.18 bits per heavy atom. The molecule has 1 rings (SSSR count). The van der Waals surface area contributed by atoms with Crippen molar-refractivity contribution in [3.63, 3.8) is 0 Å². The van der Waals surface area contributed by atoms with Crippen LogP contribution < -0.4 is 0 Å². The summed E-state index contributed by atoms with van der Waals surface area (Å²) in [5, 5.41) is 9.92. The molecular weight excluding hydrogens is 250 g/mol. The standard InChI is InChI=1S/C11H14F2O3S/c1-11(2,17(3,15)16)10(14)7-4-8(12)6-9(13)5-7/h4-6,10,14H,1-3H3. The van der Waals surface area contributed by atoms with E-state index in [9.17, 15) is 22.3 Å². The SMILES string of the molecule is CC(C)(C(O)c1cc(F)cc(F)c1)S(C)(=O)=O. The van der Waals surface area contributed by atoms with Crippen molar-refractivity contribution in [2.24, 2.45) is 0 Å². The normalized spacial score (nSPS) is 14.7. The fourth-order valence-electron chi connectivity index (χ4n) is 1.34. The number of sulfone groups is 1. The van der Waals surface area contributed by atoms with Crippen molar-refractivity contribution < 1.29 is 22.3 Å². The van der Waals surface area contributed by atoms with Crippen molar-refractivity contribution in [2.75, 3.05) is 6.26 Å². The van der Waals surface area contributed by atoms with Gasteiger partial charge in [0.05, 0.1) is 10.9 Å². The van der Waals surface area contributed by atoms with Crippen molar-refractivity contribution in [1.29, 1.82) is 0 Å². The van der Waals surface area contributed by atoms with Gasteiger partial charge in [0, 0.05) is 12.3 Å². The molecule has 3 nitrogen and oxygen atoms in total. The molecule has 0 aliphatic carbocycles. The Morgan fingerprint density at radius 3 is 1.94 bits per heavy atom. The van der Waals surface area contributed by atoms with E-state index in [0.717, 1.165) is 18.4 Å². The Morgan fingerprint density at radius 2 is 1.59 bits per heavy atom. The van der Waals surface area contributed by atoms with Crippen LogP contribution in [-0.4, -0.2) is 24.5 Å². The average Bonchev–Trinajstić information content (AvgIpc) is 2.13. The summed E-state index contributed by atoms with van der Waals surface area (Å²) in [6.07, 6.45) is -0.533. The van der Waals surface area contributed by atoms with Crippen molar-refractivity contribution in [1.82, 2.24) is 0 Å². The molecule has 0 saturated heterocycles. The Hall–Kier alpha value is -1.01. The molecule has 0 fully saturated rings. The first-order valence-electron chi connectivity index (χ1n) is 4.89. The zero-order valence-electron chi connectivity index (χ0n) is 9.74. The lowest BCUT2D eigenvalue weighted by Crippen LogP contribution is -2.37. The second-order valence-corrected chi connectivity index (χ2v) is 7.08. The zero-order chi connectivity index (χ0) is 13.4. The Balaban J connectivity index is 3.25. The molecule has 0 heterocycles. The van der Waals surface area contributed by atoms with Crippen molar-refractivity contribution in [3.8, 4) is 0 Å². The summed E-state index contributed by atoms with van der Waals surface area (Å²) in [7, 11) is -3.57. The van der Waals surface area contributed by atoms with Crippen LogP contribution in [0.4, 0.5) is 8.78 Å². The highest BCUT2D eigenvalue weighted by Crippen LogP contribution is 2.32. The Kier molecular flexibility index (Phi) is 3.59. The fraction of sp³-hybridized carbons (Fsp3) is 0.455. The van der Waals surface area contributed by atoms with E-state index in [4.69, 9.17) is 0 Å². The van der Waals surface area contributed by atoms with E-state index in [1.54, 1.807) is 0 Å². The number of hydrogen-bond donors (Lipinski definition) is 1. The van der Waals surface area contributed by atoms with Gasteiger partial charge >= 0.3 is 0 Å². The lowest BCUT2D eigenvalue weighted by molar-refractivity contribution is 0.138. The molecule has 17 heavy (non-hydrogen) atoms. The van der Waals surface area contributed by atoms with Gasteiger partial charge in [0.2, 0.25) is 0 Å². The maximum absolute atomic E-state index is 13.0. The highest BCUT2D eigenvalue weighted by molar-refractivity contribution is 7.92. The minimum absolute atomic E-state index is 0.0991. The molecular formula is C11H14F2O3S. The predicted molar refractivity (Wildman–Crippen MR) is 60.2 cm³/mol. The van der Waals surface area contributed by atoms with Gasteiger partial charge in [-0.05, 0) is 31.5 Å². The summed E-state index contributed by atoms with van der Waals surface area (Å²) in [4.78, 5) is 0. The number of aliphatic hydroxyl groups excluding tert-OH is 1. The van der Waals surface area contributed by atoms with E-state index in [-0.39, 0.29) is 5.56 Å².